The summed E-state index contributed by atoms with van der Waals surface area (Å²) in [6.45, 7) is 4.30. The van der Waals surface area contributed by atoms with E-state index < -0.39 is 15.8 Å². The van der Waals surface area contributed by atoms with Crippen molar-refractivity contribution in [3.63, 3.8) is 0 Å². The molecule has 0 bridgehead atoms. The lowest BCUT2D eigenvalue weighted by Crippen LogP contribution is -2.29. The zero-order valence-electron chi connectivity index (χ0n) is 11.7. The number of halogens is 1. The molecule has 1 aliphatic rings. The highest BCUT2D eigenvalue weighted by molar-refractivity contribution is 7.89. The van der Waals surface area contributed by atoms with E-state index in [2.05, 4.69) is 13.8 Å². The molecule has 112 valence electrons. The van der Waals surface area contributed by atoms with Crippen LogP contribution in [0.2, 0.25) is 0 Å². The van der Waals surface area contributed by atoms with E-state index in [4.69, 9.17) is 9.88 Å². The van der Waals surface area contributed by atoms with Gasteiger partial charge in [-0.15, -0.1) is 0 Å². The predicted molar refractivity (Wildman–Crippen MR) is 74.4 cm³/mol. The van der Waals surface area contributed by atoms with E-state index in [1.807, 2.05) is 0 Å². The van der Waals surface area contributed by atoms with Gasteiger partial charge >= 0.3 is 0 Å². The second kappa shape index (κ2) is 5.69. The highest BCUT2D eigenvalue weighted by atomic mass is 32.2. The average Bonchev–Trinajstić information content (AvgIpc) is 2.28. The third kappa shape index (κ3) is 3.70. The quantitative estimate of drug-likeness (QED) is 0.933. The summed E-state index contributed by atoms with van der Waals surface area (Å²) in [6.07, 6.45) is 2.82. The number of benzene rings is 1. The van der Waals surface area contributed by atoms with E-state index in [-0.39, 0.29) is 16.7 Å². The normalized spacial score (nSPS) is 27.3. The van der Waals surface area contributed by atoms with Crippen molar-refractivity contribution in [3.8, 4) is 5.75 Å². The van der Waals surface area contributed by atoms with Crippen LogP contribution in [-0.2, 0) is 10.0 Å². The van der Waals surface area contributed by atoms with E-state index in [1.165, 1.54) is 12.1 Å². The molecule has 20 heavy (non-hydrogen) atoms. The van der Waals surface area contributed by atoms with Gasteiger partial charge in [0.15, 0.2) is 0 Å². The molecule has 2 N–H and O–H groups in total. The van der Waals surface area contributed by atoms with Crippen molar-refractivity contribution in [1.82, 2.24) is 0 Å². The van der Waals surface area contributed by atoms with Gasteiger partial charge < -0.3 is 4.74 Å². The lowest BCUT2D eigenvalue weighted by atomic mass is 9.82. The highest BCUT2D eigenvalue weighted by Crippen LogP contribution is 2.33. The summed E-state index contributed by atoms with van der Waals surface area (Å²) >= 11 is 0. The van der Waals surface area contributed by atoms with E-state index in [1.54, 1.807) is 0 Å². The Morgan fingerprint density at radius 2 is 1.80 bits per heavy atom. The van der Waals surface area contributed by atoms with Crippen molar-refractivity contribution < 1.29 is 17.5 Å². The standard InChI is InChI=1S/C14H20FNO3S/c1-9-5-10(2)7-12(6-9)19-13-4-3-11(15)8-14(13)20(16,17)18/h3-4,8-10,12H,5-7H2,1-2H3,(H2,16,17,18). The first-order valence-electron chi connectivity index (χ1n) is 6.74. The van der Waals surface area contributed by atoms with E-state index >= 15 is 0 Å². The fourth-order valence-electron chi connectivity index (χ4n) is 2.95. The lowest BCUT2D eigenvalue weighted by Gasteiger charge is -2.32. The second-order valence-corrected chi connectivity index (χ2v) is 7.32. The van der Waals surface area contributed by atoms with Crippen molar-refractivity contribution in [2.75, 3.05) is 0 Å². The molecule has 0 radical (unpaired) electrons. The Morgan fingerprint density at radius 1 is 1.20 bits per heavy atom. The summed E-state index contributed by atoms with van der Waals surface area (Å²) in [4.78, 5) is -0.289. The Hall–Kier alpha value is -1.14. The number of ether oxygens (including phenoxy) is 1. The summed E-state index contributed by atoms with van der Waals surface area (Å²) in [5, 5.41) is 5.11. The first-order chi connectivity index (χ1) is 9.25. The third-order valence-electron chi connectivity index (χ3n) is 3.64. The predicted octanol–water partition coefficient (Wildman–Crippen LogP) is 2.68. The smallest absolute Gasteiger partial charge is 0.241 e. The van der Waals surface area contributed by atoms with Crippen LogP contribution in [-0.4, -0.2) is 14.5 Å². The van der Waals surface area contributed by atoms with E-state index in [0.29, 0.717) is 11.8 Å². The van der Waals surface area contributed by atoms with Gasteiger partial charge in [-0.2, -0.15) is 0 Å². The summed E-state index contributed by atoms with van der Waals surface area (Å²) < 4.78 is 42.0. The number of hydrogen-bond acceptors (Lipinski definition) is 3. The van der Waals surface area contributed by atoms with Gasteiger partial charge in [-0.3, -0.25) is 0 Å². The molecule has 0 heterocycles. The van der Waals surface area contributed by atoms with Crippen LogP contribution in [0.5, 0.6) is 5.75 Å². The fourth-order valence-corrected chi connectivity index (χ4v) is 3.62. The first-order valence-corrected chi connectivity index (χ1v) is 8.29. The van der Waals surface area contributed by atoms with Gasteiger partial charge in [0.2, 0.25) is 10.0 Å². The van der Waals surface area contributed by atoms with E-state index in [9.17, 15) is 12.8 Å². The summed E-state index contributed by atoms with van der Waals surface area (Å²) in [5.41, 5.74) is 0. The number of primary sulfonamides is 1. The van der Waals surface area contributed by atoms with Crippen molar-refractivity contribution in [3.05, 3.63) is 24.0 Å². The number of sulfonamides is 1. The minimum atomic E-state index is -4.00. The van der Waals surface area contributed by atoms with E-state index in [0.717, 1.165) is 25.3 Å². The third-order valence-corrected chi connectivity index (χ3v) is 4.57. The summed E-state index contributed by atoms with van der Waals surface area (Å²) in [7, 11) is -4.00. The maximum absolute atomic E-state index is 13.2. The van der Waals surface area contributed by atoms with Crippen LogP contribution in [0.3, 0.4) is 0 Å². The molecule has 0 aromatic heterocycles. The molecule has 0 spiro atoms. The minimum Gasteiger partial charge on any atom is -0.489 e. The van der Waals surface area contributed by atoms with Crippen LogP contribution >= 0.6 is 0 Å². The van der Waals surface area contributed by atoms with Gasteiger partial charge in [-0.25, -0.2) is 17.9 Å². The molecule has 1 saturated carbocycles. The van der Waals surface area contributed by atoms with Gasteiger partial charge in [-0.1, -0.05) is 13.8 Å². The molecule has 1 aromatic rings. The topological polar surface area (TPSA) is 69.4 Å². The zero-order valence-corrected chi connectivity index (χ0v) is 12.5. The molecule has 2 rings (SSSR count). The Morgan fingerprint density at radius 3 is 2.35 bits per heavy atom. The second-order valence-electron chi connectivity index (χ2n) is 5.79. The summed E-state index contributed by atoms with van der Waals surface area (Å²) in [6, 6.07) is 3.42. The van der Waals surface area contributed by atoms with Crippen LogP contribution in [0, 0.1) is 17.7 Å². The Balaban J connectivity index is 2.25. The average molecular weight is 301 g/mol. The highest BCUT2D eigenvalue weighted by Gasteiger charge is 2.27. The fraction of sp³-hybridized carbons (Fsp3) is 0.571. The van der Waals surface area contributed by atoms with Crippen molar-refractivity contribution >= 4 is 10.0 Å². The maximum Gasteiger partial charge on any atom is 0.241 e. The SMILES string of the molecule is CC1CC(C)CC(Oc2ccc(F)cc2S(N)(=O)=O)C1. The Bertz CT molecular complexity index is 578. The molecule has 1 fully saturated rings. The molecule has 0 saturated heterocycles. The van der Waals surface area contributed by atoms with Gasteiger partial charge in [-0.05, 0) is 49.3 Å². The van der Waals surface area contributed by atoms with Crippen molar-refractivity contribution in [2.24, 2.45) is 17.0 Å². The Kier molecular flexibility index (Phi) is 4.34. The molecule has 1 aromatic carbocycles. The molecular formula is C14H20FNO3S. The van der Waals surface area contributed by atoms with Crippen molar-refractivity contribution in [1.29, 1.82) is 0 Å². The molecule has 0 amide bonds. The van der Waals surface area contributed by atoms with Gasteiger partial charge in [0.1, 0.15) is 16.5 Å². The van der Waals surface area contributed by atoms with Gasteiger partial charge in [0, 0.05) is 0 Å². The number of hydrogen-bond donors (Lipinski definition) is 1. The molecular weight excluding hydrogens is 281 g/mol. The Labute approximate surface area is 119 Å². The monoisotopic (exact) mass is 301 g/mol. The molecule has 2 unspecified atom stereocenters. The van der Waals surface area contributed by atoms with Crippen LogP contribution in [0.15, 0.2) is 23.1 Å². The van der Waals surface area contributed by atoms with Crippen LogP contribution < -0.4 is 9.88 Å². The largest absolute Gasteiger partial charge is 0.489 e. The van der Waals surface area contributed by atoms with Crippen LogP contribution in [0.4, 0.5) is 4.39 Å². The van der Waals surface area contributed by atoms with Crippen LogP contribution in [0.25, 0.3) is 0 Å². The summed E-state index contributed by atoms with van der Waals surface area (Å²) in [5.74, 6) is 0.552. The maximum atomic E-state index is 13.2. The van der Waals surface area contributed by atoms with Gasteiger partial charge in [0.05, 0.1) is 6.10 Å². The first kappa shape index (κ1) is 15.3. The zero-order chi connectivity index (χ0) is 14.9. The molecule has 2 atom stereocenters. The molecule has 0 aliphatic heterocycles. The lowest BCUT2D eigenvalue weighted by molar-refractivity contribution is 0.0981. The van der Waals surface area contributed by atoms with Gasteiger partial charge in [0.25, 0.3) is 0 Å². The number of nitrogens with two attached hydrogens (primary N) is 1. The molecule has 4 nitrogen and oxygen atoms in total. The van der Waals surface area contributed by atoms with Crippen molar-refractivity contribution in [2.45, 2.75) is 44.1 Å². The molecule has 1 aliphatic carbocycles. The van der Waals surface area contributed by atoms with Crippen LogP contribution in [0.1, 0.15) is 33.1 Å². The number of rotatable bonds is 3. The minimum absolute atomic E-state index is 0.0558. The molecule has 6 heteroatoms.